The number of thiazole rings is 1. The van der Waals surface area contributed by atoms with Gasteiger partial charge in [0.1, 0.15) is 0 Å². The van der Waals surface area contributed by atoms with Crippen LogP contribution in [0.3, 0.4) is 0 Å². The third-order valence-corrected chi connectivity index (χ3v) is 4.58. The van der Waals surface area contributed by atoms with Gasteiger partial charge in [-0.05, 0) is 36.9 Å². The predicted molar refractivity (Wildman–Crippen MR) is 91.0 cm³/mol. The molecule has 1 unspecified atom stereocenters. The van der Waals surface area contributed by atoms with Gasteiger partial charge in [0.25, 0.3) is 0 Å². The van der Waals surface area contributed by atoms with E-state index >= 15 is 0 Å². The molecule has 1 aromatic carbocycles. The van der Waals surface area contributed by atoms with E-state index in [0.717, 1.165) is 31.6 Å². The fourth-order valence-electron chi connectivity index (χ4n) is 2.64. The molecule has 0 fully saturated rings. The first-order valence-corrected chi connectivity index (χ1v) is 8.54. The van der Waals surface area contributed by atoms with Crippen LogP contribution in [0.1, 0.15) is 25.3 Å². The van der Waals surface area contributed by atoms with Crippen LogP contribution >= 0.6 is 11.3 Å². The highest BCUT2D eigenvalue weighted by Gasteiger charge is 2.14. The number of nitrogens with one attached hydrogen (secondary N) is 1. The van der Waals surface area contributed by atoms with Gasteiger partial charge in [0.05, 0.1) is 21.8 Å². The van der Waals surface area contributed by atoms with Crippen molar-refractivity contribution in [3.8, 4) is 0 Å². The van der Waals surface area contributed by atoms with E-state index in [4.69, 9.17) is 9.72 Å². The van der Waals surface area contributed by atoms with Gasteiger partial charge < -0.3 is 10.1 Å². The third-order valence-electron chi connectivity index (χ3n) is 3.52. The lowest BCUT2D eigenvalue weighted by atomic mass is 9.94. The molecule has 0 saturated heterocycles. The molecule has 2 aromatic rings. The van der Waals surface area contributed by atoms with Crippen LogP contribution in [0.15, 0.2) is 24.3 Å². The second kappa shape index (κ2) is 8.47. The van der Waals surface area contributed by atoms with Crippen molar-refractivity contribution in [3.63, 3.8) is 0 Å². The van der Waals surface area contributed by atoms with Gasteiger partial charge in [-0.25, -0.2) is 4.98 Å². The maximum absolute atomic E-state index is 5.09. The van der Waals surface area contributed by atoms with Crippen molar-refractivity contribution in [2.45, 2.75) is 26.7 Å². The molecule has 1 N–H and O–H groups in total. The molecule has 0 saturated carbocycles. The predicted octanol–water partition coefficient (Wildman–Crippen LogP) is 3.74. The maximum Gasteiger partial charge on any atom is 0.0941 e. The molecule has 0 spiro atoms. The summed E-state index contributed by atoms with van der Waals surface area (Å²) in [7, 11) is 1.74. The second-order valence-electron chi connectivity index (χ2n) is 5.97. The summed E-state index contributed by atoms with van der Waals surface area (Å²) in [4.78, 5) is 4.77. The first-order valence-electron chi connectivity index (χ1n) is 7.73. The minimum absolute atomic E-state index is 0.641. The zero-order chi connectivity index (χ0) is 15.1. The van der Waals surface area contributed by atoms with Crippen LogP contribution in [0.2, 0.25) is 0 Å². The van der Waals surface area contributed by atoms with E-state index < -0.39 is 0 Å². The fourth-order valence-corrected chi connectivity index (χ4v) is 3.72. The van der Waals surface area contributed by atoms with Crippen molar-refractivity contribution in [1.82, 2.24) is 10.3 Å². The van der Waals surface area contributed by atoms with E-state index in [-0.39, 0.29) is 0 Å². The molecule has 1 atom stereocenters. The first kappa shape index (κ1) is 16.4. The summed E-state index contributed by atoms with van der Waals surface area (Å²) in [5, 5.41) is 4.76. The Labute approximate surface area is 131 Å². The number of hydrogen-bond acceptors (Lipinski definition) is 4. The smallest absolute Gasteiger partial charge is 0.0941 e. The van der Waals surface area contributed by atoms with Crippen molar-refractivity contribution < 1.29 is 4.74 Å². The standard InChI is InChI=1S/C17H26N2OS/c1-13(2)10-14(12-18-8-9-20-3)11-17-19-15-6-4-5-7-16(15)21-17/h4-7,13-14,18H,8-12H2,1-3H3. The molecule has 1 aromatic heterocycles. The molecule has 1 heterocycles. The zero-order valence-electron chi connectivity index (χ0n) is 13.3. The molecular formula is C17H26N2OS. The molecule has 0 amide bonds. The minimum atomic E-state index is 0.641. The molecule has 0 aliphatic heterocycles. The monoisotopic (exact) mass is 306 g/mol. The Kier molecular flexibility index (Phi) is 6.61. The lowest BCUT2D eigenvalue weighted by Gasteiger charge is -2.18. The van der Waals surface area contributed by atoms with E-state index in [1.54, 1.807) is 7.11 Å². The largest absolute Gasteiger partial charge is 0.383 e. The minimum Gasteiger partial charge on any atom is -0.383 e. The van der Waals surface area contributed by atoms with Gasteiger partial charge in [-0.3, -0.25) is 0 Å². The lowest BCUT2D eigenvalue weighted by molar-refractivity contribution is 0.197. The number of aromatic nitrogens is 1. The average Bonchev–Trinajstić information content (AvgIpc) is 2.85. The molecule has 116 valence electrons. The van der Waals surface area contributed by atoms with Gasteiger partial charge in [0, 0.05) is 20.1 Å². The van der Waals surface area contributed by atoms with Crippen LogP contribution in [0.4, 0.5) is 0 Å². The highest BCUT2D eigenvalue weighted by Crippen LogP contribution is 2.25. The van der Waals surface area contributed by atoms with Gasteiger partial charge in [-0.15, -0.1) is 11.3 Å². The van der Waals surface area contributed by atoms with Crippen molar-refractivity contribution in [3.05, 3.63) is 29.3 Å². The summed E-state index contributed by atoms with van der Waals surface area (Å²) in [6, 6.07) is 8.40. The molecular weight excluding hydrogens is 280 g/mol. The molecule has 4 heteroatoms. The summed E-state index contributed by atoms with van der Waals surface area (Å²) >= 11 is 1.83. The van der Waals surface area contributed by atoms with Crippen LogP contribution in [-0.4, -0.2) is 31.8 Å². The number of hydrogen-bond donors (Lipinski definition) is 1. The Hall–Kier alpha value is -0.970. The van der Waals surface area contributed by atoms with Crippen molar-refractivity contribution >= 4 is 21.6 Å². The average molecular weight is 306 g/mol. The van der Waals surface area contributed by atoms with Crippen molar-refractivity contribution in [2.75, 3.05) is 26.8 Å². The number of nitrogens with zero attached hydrogens (tertiary/aromatic N) is 1. The van der Waals surface area contributed by atoms with E-state index in [2.05, 4.69) is 43.4 Å². The number of rotatable bonds is 9. The van der Waals surface area contributed by atoms with E-state index in [1.807, 2.05) is 11.3 Å². The first-order chi connectivity index (χ1) is 10.2. The van der Waals surface area contributed by atoms with E-state index in [9.17, 15) is 0 Å². The van der Waals surface area contributed by atoms with Crippen LogP contribution in [0.5, 0.6) is 0 Å². The number of fused-ring (bicyclic) bond motifs is 1. The Bertz CT molecular complexity index is 505. The molecule has 0 bridgehead atoms. The molecule has 3 nitrogen and oxygen atoms in total. The summed E-state index contributed by atoms with van der Waals surface area (Å²) in [6.45, 7) is 7.32. The quantitative estimate of drug-likeness (QED) is 0.717. The van der Waals surface area contributed by atoms with E-state index in [0.29, 0.717) is 11.8 Å². The Morgan fingerprint density at radius 3 is 2.81 bits per heavy atom. The third kappa shape index (κ3) is 5.38. The number of benzene rings is 1. The zero-order valence-corrected chi connectivity index (χ0v) is 14.1. The highest BCUT2D eigenvalue weighted by atomic mass is 32.1. The fraction of sp³-hybridized carbons (Fsp3) is 0.588. The lowest BCUT2D eigenvalue weighted by Crippen LogP contribution is -2.28. The Balaban J connectivity index is 1.96. The van der Waals surface area contributed by atoms with Gasteiger partial charge >= 0.3 is 0 Å². The molecule has 0 radical (unpaired) electrons. The van der Waals surface area contributed by atoms with Crippen LogP contribution in [-0.2, 0) is 11.2 Å². The summed E-state index contributed by atoms with van der Waals surface area (Å²) in [5.41, 5.74) is 1.13. The topological polar surface area (TPSA) is 34.1 Å². The SMILES string of the molecule is COCCNCC(Cc1nc2ccccc2s1)CC(C)C. The highest BCUT2D eigenvalue weighted by molar-refractivity contribution is 7.18. The maximum atomic E-state index is 5.09. The number of para-hydroxylation sites is 1. The van der Waals surface area contributed by atoms with E-state index in [1.165, 1.54) is 16.1 Å². The van der Waals surface area contributed by atoms with Gasteiger partial charge in [0.2, 0.25) is 0 Å². The van der Waals surface area contributed by atoms with Gasteiger partial charge in [0.15, 0.2) is 0 Å². The van der Waals surface area contributed by atoms with Gasteiger partial charge in [-0.1, -0.05) is 26.0 Å². The normalized spacial score (nSPS) is 13.1. The summed E-state index contributed by atoms with van der Waals surface area (Å²) in [6.07, 6.45) is 2.30. The summed E-state index contributed by atoms with van der Waals surface area (Å²) < 4.78 is 6.38. The summed E-state index contributed by atoms with van der Waals surface area (Å²) in [5.74, 6) is 1.36. The Morgan fingerprint density at radius 1 is 1.29 bits per heavy atom. The van der Waals surface area contributed by atoms with Crippen molar-refractivity contribution in [2.24, 2.45) is 11.8 Å². The molecule has 21 heavy (non-hydrogen) atoms. The molecule has 0 aliphatic rings. The number of methoxy groups -OCH3 is 1. The van der Waals surface area contributed by atoms with Crippen LogP contribution in [0.25, 0.3) is 10.2 Å². The van der Waals surface area contributed by atoms with Crippen molar-refractivity contribution in [1.29, 1.82) is 0 Å². The molecule has 2 rings (SSSR count). The second-order valence-corrected chi connectivity index (χ2v) is 7.09. The number of ether oxygens (including phenoxy) is 1. The van der Waals surface area contributed by atoms with Crippen LogP contribution in [0, 0.1) is 11.8 Å². The van der Waals surface area contributed by atoms with Gasteiger partial charge in [-0.2, -0.15) is 0 Å². The van der Waals surface area contributed by atoms with Crippen LogP contribution < -0.4 is 5.32 Å². The molecule has 0 aliphatic carbocycles. The Morgan fingerprint density at radius 2 is 2.10 bits per heavy atom.